The van der Waals surface area contributed by atoms with E-state index in [4.69, 9.17) is 9.26 Å². The third-order valence-electron chi connectivity index (χ3n) is 3.63. The molecule has 0 bridgehead atoms. The molecule has 0 aliphatic carbocycles. The number of aromatic nitrogens is 6. The fraction of sp³-hybridized carbons (Fsp3) is 0.222. The van der Waals surface area contributed by atoms with E-state index >= 15 is 0 Å². The Bertz CT molecular complexity index is 1090. The Morgan fingerprint density at radius 2 is 2.18 bits per heavy atom. The number of nitrogens with zero attached hydrogens (tertiary/aromatic N) is 6. The number of rotatable bonds is 6. The number of hydrogen-bond acceptors (Lipinski definition) is 9. The van der Waals surface area contributed by atoms with E-state index in [0.29, 0.717) is 28.7 Å². The second kappa shape index (κ2) is 7.69. The Hall–Kier alpha value is -3.40. The van der Waals surface area contributed by atoms with Crippen molar-refractivity contribution in [1.82, 2.24) is 30.3 Å². The Labute approximate surface area is 164 Å². The number of tetrazole rings is 1. The summed E-state index contributed by atoms with van der Waals surface area (Å²) in [6.45, 7) is 3.82. The predicted octanol–water partition coefficient (Wildman–Crippen LogP) is 3.07. The minimum Gasteiger partial charge on any atom is -0.459 e. The van der Waals surface area contributed by atoms with Gasteiger partial charge in [-0.25, -0.2) is 4.79 Å². The zero-order chi connectivity index (χ0) is 19.5. The minimum atomic E-state index is -0.392. The van der Waals surface area contributed by atoms with Gasteiger partial charge in [-0.05, 0) is 42.6 Å². The first-order chi connectivity index (χ1) is 13.6. The average molecular weight is 396 g/mol. The Kier molecular flexibility index (Phi) is 4.94. The van der Waals surface area contributed by atoms with E-state index in [1.54, 1.807) is 38.1 Å². The number of carbonyl (C=O) groups excluding carboxylic acids is 1. The summed E-state index contributed by atoms with van der Waals surface area (Å²) >= 11 is 1.52. The van der Waals surface area contributed by atoms with Crippen LogP contribution in [0, 0.1) is 0 Å². The second-order valence-electron chi connectivity index (χ2n) is 6.17. The van der Waals surface area contributed by atoms with Crippen molar-refractivity contribution < 1.29 is 14.1 Å². The molecule has 4 aromatic rings. The first kappa shape index (κ1) is 18.0. The molecule has 28 heavy (non-hydrogen) atoms. The monoisotopic (exact) mass is 396 g/mol. The highest BCUT2D eigenvalue weighted by Gasteiger charge is 2.14. The summed E-state index contributed by atoms with van der Waals surface area (Å²) < 4.78 is 10.5. The fourth-order valence-corrected chi connectivity index (χ4v) is 3.08. The van der Waals surface area contributed by atoms with Crippen LogP contribution in [0.1, 0.15) is 30.0 Å². The van der Waals surface area contributed by atoms with Gasteiger partial charge < -0.3 is 9.26 Å². The maximum atomic E-state index is 12.1. The maximum absolute atomic E-state index is 12.1. The third kappa shape index (κ3) is 3.96. The van der Waals surface area contributed by atoms with Gasteiger partial charge in [0.15, 0.2) is 5.82 Å². The summed E-state index contributed by atoms with van der Waals surface area (Å²) in [7, 11) is 0. The minimum absolute atomic E-state index is 0.191. The van der Waals surface area contributed by atoms with Gasteiger partial charge in [0, 0.05) is 5.56 Å². The highest BCUT2D eigenvalue weighted by Crippen LogP contribution is 2.22. The van der Waals surface area contributed by atoms with Crippen LogP contribution in [0.25, 0.3) is 22.2 Å². The van der Waals surface area contributed by atoms with Crippen LogP contribution in [0.2, 0.25) is 0 Å². The number of benzene rings is 1. The molecule has 4 rings (SSSR count). The molecule has 9 nitrogen and oxygen atoms in total. The lowest BCUT2D eigenvalue weighted by Gasteiger charge is -2.08. The van der Waals surface area contributed by atoms with Crippen molar-refractivity contribution in [1.29, 1.82) is 0 Å². The summed E-state index contributed by atoms with van der Waals surface area (Å²) in [5.74, 6) is 0.904. The molecule has 0 radical (unpaired) electrons. The number of carbonyl (C=O) groups is 1. The van der Waals surface area contributed by atoms with Gasteiger partial charge in [0.25, 0.3) is 5.89 Å². The van der Waals surface area contributed by atoms with Crippen molar-refractivity contribution in [2.75, 3.05) is 0 Å². The molecular formula is C18H16N6O3S. The van der Waals surface area contributed by atoms with Crippen LogP contribution < -0.4 is 0 Å². The van der Waals surface area contributed by atoms with Gasteiger partial charge in [0.2, 0.25) is 5.82 Å². The van der Waals surface area contributed by atoms with Crippen molar-refractivity contribution >= 4 is 17.3 Å². The molecule has 0 aliphatic heterocycles. The van der Waals surface area contributed by atoms with Crippen LogP contribution in [0.15, 0.2) is 46.3 Å². The largest absolute Gasteiger partial charge is 0.459 e. The lowest BCUT2D eigenvalue weighted by Crippen LogP contribution is -2.11. The topological polar surface area (TPSA) is 109 Å². The summed E-state index contributed by atoms with van der Waals surface area (Å²) in [5, 5.41) is 18.3. The number of ether oxygens (including phenoxy) is 1. The molecule has 0 aliphatic rings. The highest BCUT2D eigenvalue weighted by atomic mass is 32.1. The number of esters is 1. The zero-order valence-electron chi connectivity index (χ0n) is 15.1. The van der Waals surface area contributed by atoms with Crippen LogP contribution in [0.3, 0.4) is 0 Å². The molecule has 3 aromatic heterocycles. The van der Waals surface area contributed by atoms with Gasteiger partial charge >= 0.3 is 5.97 Å². The standard InChI is InChI=1S/C18H16N6O3S/c1-11(2)26-18(25)13-6-3-5-12(9-13)16-20-23-24(21-16)10-15-19-17(27-22-15)14-7-4-8-28-14/h3-9,11H,10H2,1-2H3. The maximum Gasteiger partial charge on any atom is 0.338 e. The van der Waals surface area contributed by atoms with E-state index in [1.807, 2.05) is 17.5 Å². The first-order valence-electron chi connectivity index (χ1n) is 8.54. The van der Waals surface area contributed by atoms with E-state index in [2.05, 4.69) is 25.6 Å². The summed E-state index contributed by atoms with van der Waals surface area (Å²) in [4.78, 5) is 18.7. The molecule has 0 unspecified atom stereocenters. The van der Waals surface area contributed by atoms with Gasteiger partial charge in [-0.15, -0.1) is 21.5 Å². The van der Waals surface area contributed by atoms with Gasteiger partial charge in [-0.3, -0.25) is 0 Å². The van der Waals surface area contributed by atoms with Crippen molar-refractivity contribution in [3.05, 3.63) is 53.2 Å². The summed E-state index contributed by atoms with van der Waals surface area (Å²) in [5.41, 5.74) is 1.10. The molecule has 10 heteroatoms. The van der Waals surface area contributed by atoms with Crippen LogP contribution in [-0.4, -0.2) is 42.4 Å². The molecule has 0 atom stereocenters. The van der Waals surface area contributed by atoms with Crippen molar-refractivity contribution in [2.24, 2.45) is 0 Å². The predicted molar refractivity (Wildman–Crippen MR) is 101 cm³/mol. The molecule has 0 saturated carbocycles. The highest BCUT2D eigenvalue weighted by molar-refractivity contribution is 7.13. The third-order valence-corrected chi connectivity index (χ3v) is 4.49. The zero-order valence-corrected chi connectivity index (χ0v) is 16.0. The first-order valence-corrected chi connectivity index (χ1v) is 9.42. The summed E-state index contributed by atoms with van der Waals surface area (Å²) in [6.07, 6.45) is -0.191. The van der Waals surface area contributed by atoms with E-state index in [0.717, 1.165) is 4.88 Å². The lowest BCUT2D eigenvalue weighted by molar-refractivity contribution is 0.0378. The van der Waals surface area contributed by atoms with Gasteiger partial charge in [0.1, 0.15) is 6.54 Å². The van der Waals surface area contributed by atoms with Gasteiger partial charge in [-0.2, -0.15) is 9.78 Å². The van der Waals surface area contributed by atoms with E-state index < -0.39 is 5.97 Å². The number of thiophene rings is 1. The van der Waals surface area contributed by atoms with Crippen molar-refractivity contribution in [3.8, 4) is 22.2 Å². The molecule has 0 saturated heterocycles. The molecule has 142 valence electrons. The molecule has 1 aromatic carbocycles. The van der Waals surface area contributed by atoms with E-state index in [1.165, 1.54) is 16.1 Å². The molecule has 3 heterocycles. The number of hydrogen-bond donors (Lipinski definition) is 0. The van der Waals surface area contributed by atoms with Crippen LogP contribution in [-0.2, 0) is 11.3 Å². The summed E-state index contributed by atoms with van der Waals surface area (Å²) in [6, 6.07) is 10.7. The fourth-order valence-electron chi connectivity index (χ4n) is 2.44. The molecule has 0 amide bonds. The van der Waals surface area contributed by atoms with Gasteiger partial charge in [-0.1, -0.05) is 23.4 Å². The van der Waals surface area contributed by atoms with Crippen molar-refractivity contribution in [2.45, 2.75) is 26.5 Å². The Morgan fingerprint density at radius 1 is 1.29 bits per heavy atom. The molecule has 0 spiro atoms. The SMILES string of the molecule is CC(C)OC(=O)c1cccc(-c2nnn(Cc3noc(-c4cccs4)n3)n2)c1. The van der Waals surface area contributed by atoms with E-state index in [-0.39, 0.29) is 12.6 Å². The van der Waals surface area contributed by atoms with Gasteiger partial charge in [0.05, 0.1) is 16.5 Å². The molecular weight excluding hydrogens is 380 g/mol. The van der Waals surface area contributed by atoms with E-state index in [9.17, 15) is 4.79 Å². The van der Waals surface area contributed by atoms with Crippen LogP contribution in [0.4, 0.5) is 0 Å². The van der Waals surface area contributed by atoms with Crippen molar-refractivity contribution in [3.63, 3.8) is 0 Å². The average Bonchev–Trinajstić information content (AvgIpc) is 3.43. The molecule has 0 N–H and O–H groups in total. The Balaban J connectivity index is 1.50. The lowest BCUT2D eigenvalue weighted by atomic mass is 10.1. The second-order valence-corrected chi connectivity index (χ2v) is 7.12. The van der Waals surface area contributed by atoms with Crippen LogP contribution >= 0.6 is 11.3 Å². The Morgan fingerprint density at radius 3 is 2.96 bits per heavy atom. The smallest absolute Gasteiger partial charge is 0.338 e. The molecule has 0 fully saturated rings. The van der Waals surface area contributed by atoms with Crippen LogP contribution in [0.5, 0.6) is 0 Å². The normalized spacial score (nSPS) is 11.1. The quantitative estimate of drug-likeness (QED) is 0.458.